The predicted octanol–water partition coefficient (Wildman–Crippen LogP) is 3.96. The number of aryl methyl sites for hydroxylation is 2. The number of hydrogen-bond donors (Lipinski definition) is 1. The molecular weight excluding hydrogens is 346 g/mol. The molecule has 0 aliphatic heterocycles. The van der Waals surface area contributed by atoms with Crippen LogP contribution in [0.2, 0.25) is 0 Å². The molecular formula is C20H21N3O2S. The molecule has 2 aromatic rings. The minimum Gasteiger partial charge on any atom is -0.497 e. The molecule has 26 heavy (non-hydrogen) atoms. The van der Waals surface area contributed by atoms with Crippen molar-refractivity contribution in [1.29, 1.82) is 5.26 Å². The first-order valence-corrected chi connectivity index (χ1v) is 9.68. The van der Waals surface area contributed by atoms with Gasteiger partial charge in [-0.3, -0.25) is 4.79 Å². The summed E-state index contributed by atoms with van der Waals surface area (Å²) >= 11 is 1.47. The summed E-state index contributed by atoms with van der Waals surface area (Å²) in [6.07, 6.45) is 4.66. The Kier molecular flexibility index (Phi) is 6.13. The van der Waals surface area contributed by atoms with Crippen molar-refractivity contribution in [2.24, 2.45) is 0 Å². The molecule has 1 aliphatic rings. The Bertz CT molecular complexity index is 828. The van der Waals surface area contributed by atoms with Gasteiger partial charge in [-0.1, -0.05) is 0 Å². The van der Waals surface area contributed by atoms with E-state index in [0.29, 0.717) is 17.7 Å². The van der Waals surface area contributed by atoms with Crippen molar-refractivity contribution in [2.75, 3.05) is 18.2 Å². The third-order valence-electron chi connectivity index (χ3n) is 4.33. The molecule has 0 unspecified atom stereocenters. The van der Waals surface area contributed by atoms with E-state index in [1.165, 1.54) is 17.3 Å². The second-order valence-corrected chi connectivity index (χ2v) is 7.22. The number of nitriles is 1. The molecule has 0 bridgehead atoms. The van der Waals surface area contributed by atoms with Crippen molar-refractivity contribution in [3.05, 3.63) is 47.2 Å². The standard InChI is InChI=1S/C20H21N3O2S/c1-25-17-8-6-16(7-9-17)22-19(24)10-11-26-20-15(13-21)12-14-4-2-3-5-18(14)23-20/h6-9,12H,2-5,10-11H2,1H3,(H,22,24). The summed E-state index contributed by atoms with van der Waals surface area (Å²) in [5, 5.41) is 13.0. The van der Waals surface area contributed by atoms with E-state index in [-0.39, 0.29) is 5.91 Å². The van der Waals surface area contributed by atoms with Gasteiger partial charge < -0.3 is 10.1 Å². The van der Waals surface area contributed by atoms with Crippen molar-refractivity contribution < 1.29 is 9.53 Å². The fourth-order valence-electron chi connectivity index (χ4n) is 2.94. The lowest BCUT2D eigenvalue weighted by molar-refractivity contribution is -0.115. The number of benzene rings is 1. The Balaban J connectivity index is 1.55. The second kappa shape index (κ2) is 8.72. The molecule has 0 radical (unpaired) electrons. The number of hydrogen-bond acceptors (Lipinski definition) is 5. The summed E-state index contributed by atoms with van der Waals surface area (Å²) in [6.45, 7) is 0. The maximum absolute atomic E-state index is 12.1. The molecule has 1 amide bonds. The highest BCUT2D eigenvalue weighted by atomic mass is 32.2. The normalized spacial score (nSPS) is 12.8. The Morgan fingerprint density at radius 3 is 2.81 bits per heavy atom. The Hall–Kier alpha value is -2.52. The molecule has 1 heterocycles. The van der Waals surface area contributed by atoms with Gasteiger partial charge in [0.25, 0.3) is 0 Å². The molecule has 0 saturated carbocycles. The van der Waals surface area contributed by atoms with Crippen LogP contribution in [0.25, 0.3) is 0 Å². The molecule has 1 N–H and O–H groups in total. The minimum absolute atomic E-state index is 0.0564. The van der Waals surface area contributed by atoms with Crippen molar-refractivity contribution in [3.63, 3.8) is 0 Å². The van der Waals surface area contributed by atoms with E-state index in [0.717, 1.165) is 47.8 Å². The Morgan fingerprint density at radius 1 is 1.31 bits per heavy atom. The maximum Gasteiger partial charge on any atom is 0.225 e. The molecule has 0 fully saturated rings. The quantitative estimate of drug-likeness (QED) is 0.782. The van der Waals surface area contributed by atoms with Gasteiger partial charge >= 0.3 is 0 Å². The molecule has 0 saturated heterocycles. The van der Waals surface area contributed by atoms with Gasteiger partial charge in [-0.05, 0) is 61.6 Å². The van der Waals surface area contributed by atoms with E-state index >= 15 is 0 Å². The number of pyridine rings is 1. The predicted molar refractivity (Wildman–Crippen MR) is 103 cm³/mol. The topological polar surface area (TPSA) is 75.0 Å². The number of thioether (sulfide) groups is 1. The third kappa shape index (κ3) is 4.55. The van der Waals surface area contributed by atoms with Crippen LogP contribution in [0.15, 0.2) is 35.4 Å². The molecule has 1 aromatic heterocycles. The van der Waals surface area contributed by atoms with Crippen LogP contribution in [-0.2, 0) is 17.6 Å². The Morgan fingerprint density at radius 2 is 2.08 bits per heavy atom. The summed E-state index contributed by atoms with van der Waals surface area (Å²) in [4.78, 5) is 16.8. The van der Waals surface area contributed by atoms with E-state index < -0.39 is 0 Å². The van der Waals surface area contributed by atoms with Gasteiger partial charge in [0, 0.05) is 23.6 Å². The highest BCUT2D eigenvalue weighted by Crippen LogP contribution is 2.27. The maximum atomic E-state index is 12.1. The molecule has 6 heteroatoms. The number of fused-ring (bicyclic) bond motifs is 1. The van der Waals surface area contributed by atoms with Gasteiger partial charge in [0.05, 0.1) is 12.7 Å². The van der Waals surface area contributed by atoms with Crippen LogP contribution in [0, 0.1) is 11.3 Å². The number of amides is 1. The SMILES string of the molecule is COc1ccc(NC(=O)CCSc2nc3c(cc2C#N)CCCC3)cc1. The number of carbonyl (C=O) groups is 1. The third-order valence-corrected chi connectivity index (χ3v) is 5.32. The highest BCUT2D eigenvalue weighted by Gasteiger charge is 2.15. The van der Waals surface area contributed by atoms with Gasteiger partial charge in [0.15, 0.2) is 0 Å². The van der Waals surface area contributed by atoms with Crippen molar-refractivity contribution >= 4 is 23.4 Å². The zero-order valence-corrected chi connectivity index (χ0v) is 15.6. The summed E-state index contributed by atoms with van der Waals surface area (Å²) < 4.78 is 5.10. The summed E-state index contributed by atoms with van der Waals surface area (Å²) in [5.74, 6) is 1.28. The van der Waals surface area contributed by atoms with Crippen molar-refractivity contribution in [1.82, 2.24) is 4.98 Å². The van der Waals surface area contributed by atoms with E-state index in [4.69, 9.17) is 4.74 Å². The lowest BCUT2D eigenvalue weighted by Crippen LogP contribution is -2.12. The molecule has 3 rings (SSSR count). The fourth-order valence-corrected chi connectivity index (χ4v) is 3.86. The minimum atomic E-state index is -0.0564. The number of aromatic nitrogens is 1. The van der Waals surface area contributed by atoms with Crippen LogP contribution in [0.1, 0.15) is 36.1 Å². The van der Waals surface area contributed by atoms with Gasteiger partial charge in [0.2, 0.25) is 5.91 Å². The fraction of sp³-hybridized carbons (Fsp3) is 0.350. The van der Waals surface area contributed by atoms with Gasteiger partial charge in [0.1, 0.15) is 16.8 Å². The van der Waals surface area contributed by atoms with Gasteiger partial charge in [-0.2, -0.15) is 5.26 Å². The molecule has 0 spiro atoms. The van der Waals surface area contributed by atoms with Crippen molar-refractivity contribution in [3.8, 4) is 11.8 Å². The van der Waals surface area contributed by atoms with Crippen molar-refractivity contribution in [2.45, 2.75) is 37.1 Å². The largest absolute Gasteiger partial charge is 0.497 e. The first kappa shape index (κ1) is 18.3. The van der Waals surface area contributed by atoms with E-state index in [2.05, 4.69) is 16.4 Å². The number of rotatable bonds is 6. The zero-order valence-electron chi connectivity index (χ0n) is 14.7. The van der Waals surface area contributed by atoms with Crippen LogP contribution >= 0.6 is 11.8 Å². The highest BCUT2D eigenvalue weighted by molar-refractivity contribution is 7.99. The molecule has 5 nitrogen and oxygen atoms in total. The lowest BCUT2D eigenvalue weighted by Gasteiger charge is -2.16. The summed E-state index contributed by atoms with van der Waals surface area (Å²) in [5.41, 5.74) is 3.67. The number of carbonyl (C=O) groups excluding carboxylic acids is 1. The number of nitrogens with one attached hydrogen (secondary N) is 1. The number of ether oxygens (including phenoxy) is 1. The van der Waals surface area contributed by atoms with E-state index in [1.807, 2.05) is 18.2 Å². The van der Waals surface area contributed by atoms with Crippen LogP contribution < -0.4 is 10.1 Å². The average molecular weight is 367 g/mol. The summed E-state index contributed by atoms with van der Waals surface area (Å²) in [6, 6.07) is 11.4. The van der Waals surface area contributed by atoms with Crippen LogP contribution in [0.4, 0.5) is 5.69 Å². The second-order valence-electron chi connectivity index (χ2n) is 6.14. The van der Waals surface area contributed by atoms with Gasteiger partial charge in [-0.15, -0.1) is 11.8 Å². The molecule has 134 valence electrons. The first-order valence-electron chi connectivity index (χ1n) is 8.69. The number of methoxy groups -OCH3 is 1. The average Bonchev–Trinajstić information content (AvgIpc) is 2.68. The first-order chi connectivity index (χ1) is 12.7. The zero-order chi connectivity index (χ0) is 18.4. The van der Waals surface area contributed by atoms with Crippen LogP contribution in [0.3, 0.4) is 0 Å². The van der Waals surface area contributed by atoms with Gasteiger partial charge in [-0.25, -0.2) is 4.98 Å². The number of anilines is 1. The van der Waals surface area contributed by atoms with E-state index in [1.54, 1.807) is 19.2 Å². The van der Waals surface area contributed by atoms with Crippen LogP contribution in [0.5, 0.6) is 5.75 Å². The molecule has 0 atom stereocenters. The lowest BCUT2D eigenvalue weighted by atomic mass is 9.95. The Labute approximate surface area is 157 Å². The molecule has 1 aliphatic carbocycles. The van der Waals surface area contributed by atoms with Crippen LogP contribution in [-0.4, -0.2) is 23.8 Å². The van der Waals surface area contributed by atoms with E-state index in [9.17, 15) is 10.1 Å². The molecule has 1 aromatic carbocycles. The smallest absolute Gasteiger partial charge is 0.225 e. The monoisotopic (exact) mass is 367 g/mol. The summed E-state index contributed by atoms with van der Waals surface area (Å²) in [7, 11) is 1.61. The number of nitrogens with zero attached hydrogens (tertiary/aromatic N) is 2.